The predicted octanol–water partition coefficient (Wildman–Crippen LogP) is 2.09. The lowest BCUT2D eigenvalue weighted by Gasteiger charge is -2.22. The van der Waals surface area contributed by atoms with Crippen LogP contribution in [0.5, 0.6) is 0 Å². The Hall–Kier alpha value is -1.10. The van der Waals surface area contributed by atoms with E-state index >= 15 is 0 Å². The minimum absolute atomic E-state index is 0.427. The van der Waals surface area contributed by atoms with Gasteiger partial charge in [-0.2, -0.15) is 0 Å². The van der Waals surface area contributed by atoms with E-state index in [-0.39, 0.29) is 0 Å². The van der Waals surface area contributed by atoms with Crippen LogP contribution >= 0.6 is 0 Å². The van der Waals surface area contributed by atoms with E-state index in [4.69, 9.17) is 0 Å². The molecule has 0 heterocycles. The monoisotopic (exact) mass is 286 g/mol. The molecular formula is C15H31FN4. The Morgan fingerprint density at radius 1 is 1.35 bits per heavy atom. The van der Waals surface area contributed by atoms with Gasteiger partial charge in [0.25, 0.3) is 0 Å². The lowest BCUT2D eigenvalue weighted by Crippen LogP contribution is -2.39. The summed E-state index contributed by atoms with van der Waals surface area (Å²) in [6, 6.07) is 0.427. The normalized spacial score (nSPS) is 16.8. The van der Waals surface area contributed by atoms with Crippen molar-refractivity contribution in [2.24, 2.45) is 10.9 Å². The van der Waals surface area contributed by atoms with Crippen LogP contribution in [0.3, 0.4) is 0 Å². The van der Waals surface area contributed by atoms with Crippen LogP contribution in [-0.2, 0) is 0 Å². The van der Waals surface area contributed by atoms with Gasteiger partial charge in [0.15, 0.2) is 0 Å². The molecule has 5 heteroatoms. The molecule has 20 heavy (non-hydrogen) atoms. The highest BCUT2D eigenvalue weighted by Crippen LogP contribution is 2.17. The number of allylic oxidation sites excluding steroid dienone is 1. The second-order valence-electron chi connectivity index (χ2n) is 5.59. The average Bonchev–Trinajstić information content (AvgIpc) is 2.37. The highest BCUT2D eigenvalue weighted by molar-refractivity contribution is 5.93. The molecule has 0 spiro atoms. The van der Waals surface area contributed by atoms with E-state index in [0.717, 1.165) is 13.1 Å². The maximum absolute atomic E-state index is 14.0. The summed E-state index contributed by atoms with van der Waals surface area (Å²) in [5, 5.41) is 9.56. The van der Waals surface area contributed by atoms with E-state index in [1.54, 1.807) is 20.2 Å². The summed E-state index contributed by atoms with van der Waals surface area (Å²) in [6.45, 7) is 11.2. The lowest BCUT2D eigenvalue weighted by molar-refractivity contribution is 0.257. The predicted molar refractivity (Wildman–Crippen MR) is 86.0 cm³/mol. The highest BCUT2D eigenvalue weighted by atomic mass is 19.1. The summed E-state index contributed by atoms with van der Waals surface area (Å²) in [5.74, 6) is 1.15. The topological polar surface area (TPSA) is 48.4 Å². The minimum atomic E-state index is -1.41. The lowest BCUT2D eigenvalue weighted by atomic mass is 10.0. The van der Waals surface area contributed by atoms with Gasteiger partial charge in [-0.1, -0.05) is 13.8 Å². The van der Waals surface area contributed by atoms with Gasteiger partial charge in [0, 0.05) is 32.8 Å². The summed E-state index contributed by atoms with van der Waals surface area (Å²) in [6.07, 6.45) is 1.73. The second-order valence-corrected chi connectivity index (χ2v) is 5.59. The molecule has 0 saturated carbocycles. The molecule has 0 aliphatic heterocycles. The quantitative estimate of drug-likeness (QED) is 0.473. The molecule has 2 atom stereocenters. The van der Waals surface area contributed by atoms with Crippen LogP contribution in [-0.4, -0.2) is 44.7 Å². The number of amidine groups is 1. The summed E-state index contributed by atoms with van der Waals surface area (Å²) in [5.41, 5.74) is -0.896. The Morgan fingerprint density at radius 3 is 2.35 bits per heavy atom. The van der Waals surface area contributed by atoms with Gasteiger partial charge in [0.2, 0.25) is 0 Å². The molecule has 0 saturated heterocycles. The Morgan fingerprint density at radius 2 is 1.95 bits per heavy atom. The molecular weight excluding hydrogens is 255 g/mol. The zero-order chi connectivity index (χ0) is 15.8. The minimum Gasteiger partial charge on any atom is -0.389 e. The number of aliphatic imine (C=N–C) groups is 1. The molecule has 4 nitrogen and oxygen atoms in total. The molecule has 0 radical (unpaired) electrons. The Balaban J connectivity index is 4.62. The fourth-order valence-corrected chi connectivity index (χ4v) is 1.84. The first-order valence-electron chi connectivity index (χ1n) is 7.29. The van der Waals surface area contributed by atoms with Crippen molar-refractivity contribution in [2.45, 2.75) is 46.3 Å². The van der Waals surface area contributed by atoms with E-state index < -0.39 is 5.67 Å². The van der Waals surface area contributed by atoms with Crippen LogP contribution in [0.25, 0.3) is 0 Å². The SMILES string of the molecule is CCNC(C)C(C)CNC(/C=C(\NC)C(C)(C)F)=NC. The van der Waals surface area contributed by atoms with E-state index in [1.807, 2.05) is 0 Å². The molecule has 2 unspecified atom stereocenters. The van der Waals surface area contributed by atoms with E-state index in [0.29, 0.717) is 23.5 Å². The number of alkyl halides is 1. The number of halogens is 1. The molecule has 0 aliphatic rings. The van der Waals surface area contributed by atoms with E-state index in [1.165, 1.54) is 13.8 Å². The Bertz CT molecular complexity index is 331. The maximum atomic E-state index is 14.0. The van der Waals surface area contributed by atoms with E-state index in [2.05, 4.69) is 41.7 Å². The Kier molecular flexibility index (Phi) is 8.46. The van der Waals surface area contributed by atoms with Crippen LogP contribution in [0.4, 0.5) is 4.39 Å². The van der Waals surface area contributed by atoms with Crippen LogP contribution < -0.4 is 16.0 Å². The van der Waals surface area contributed by atoms with Crippen LogP contribution in [0.1, 0.15) is 34.6 Å². The number of rotatable bonds is 8. The molecule has 3 N–H and O–H groups in total. The summed E-state index contributed by atoms with van der Waals surface area (Å²) in [7, 11) is 3.42. The first-order valence-corrected chi connectivity index (χ1v) is 7.29. The van der Waals surface area contributed by atoms with Crippen molar-refractivity contribution in [3.8, 4) is 0 Å². The number of hydrogen-bond donors (Lipinski definition) is 3. The van der Waals surface area contributed by atoms with Gasteiger partial charge >= 0.3 is 0 Å². The fourth-order valence-electron chi connectivity index (χ4n) is 1.84. The molecule has 0 rings (SSSR count). The zero-order valence-corrected chi connectivity index (χ0v) is 14.0. The van der Waals surface area contributed by atoms with Crippen LogP contribution in [0.2, 0.25) is 0 Å². The maximum Gasteiger partial charge on any atom is 0.144 e. The van der Waals surface area contributed by atoms with Gasteiger partial charge in [-0.25, -0.2) is 4.39 Å². The van der Waals surface area contributed by atoms with Gasteiger partial charge in [0.1, 0.15) is 11.5 Å². The first-order chi connectivity index (χ1) is 9.26. The van der Waals surface area contributed by atoms with Crippen molar-refractivity contribution in [2.75, 3.05) is 27.2 Å². The summed E-state index contributed by atoms with van der Waals surface area (Å²) < 4.78 is 14.0. The number of nitrogens with zero attached hydrogens (tertiary/aromatic N) is 1. The van der Waals surface area contributed by atoms with E-state index in [9.17, 15) is 4.39 Å². The third kappa shape index (κ3) is 6.89. The molecule has 0 aromatic heterocycles. The third-order valence-corrected chi connectivity index (χ3v) is 3.42. The van der Waals surface area contributed by atoms with Crippen molar-refractivity contribution in [1.29, 1.82) is 0 Å². The molecule has 118 valence electrons. The molecule has 0 aromatic rings. The third-order valence-electron chi connectivity index (χ3n) is 3.42. The average molecular weight is 286 g/mol. The van der Waals surface area contributed by atoms with Gasteiger partial charge in [0.05, 0.1) is 5.70 Å². The van der Waals surface area contributed by atoms with Crippen molar-refractivity contribution >= 4 is 5.84 Å². The fraction of sp³-hybridized carbons (Fsp3) is 0.800. The summed E-state index contributed by atoms with van der Waals surface area (Å²) in [4.78, 5) is 4.17. The Labute approximate surface area is 123 Å². The van der Waals surface area contributed by atoms with Crippen LogP contribution in [0, 0.1) is 5.92 Å². The smallest absolute Gasteiger partial charge is 0.144 e. The first kappa shape index (κ1) is 18.9. The summed E-state index contributed by atoms with van der Waals surface area (Å²) >= 11 is 0. The zero-order valence-electron chi connectivity index (χ0n) is 14.0. The van der Waals surface area contributed by atoms with Crippen LogP contribution in [0.15, 0.2) is 16.8 Å². The highest BCUT2D eigenvalue weighted by Gasteiger charge is 2.21. The molecule has 0 amide bonds. The van der Waals surface area contributed by atoms with Crippen molar-refractivity contribution in [3.05, 3.63) is 11.8 Å². The number of hydrogen-bond acceptors (Lipinski definition) is 3. The van der Waals surface area contributed by atoms with Gasteiger partial charge in [-0.15, -0.1) is 0 Å². The van der Waals surface area contributed by atoms with Crippen molar-refractivity contribution < 1.29 is 4.39 Å². The van der Waals surface area contributed by atoms with Gasteiger partial charge in [-0.3, -0.25) is 4.99 Å². The molecule has 0 bridgehead atoms. The molecule has 0 aromatic carbocycles. The standard InChI is InChI=1S/C15H31FN4/c1-8-19-12(3)11(2)10-20-14(18-7)9-13(17-6)15(4,5)16/h9,11-12,17,19H,8,10H2,1-7H3,(H,18,20)/b13-9-. The van der Waals surface area contributed by atoms with Crippen molar-refractivity contribution in [3.63, 3.8) is 0 Å². The second kappa shape index (κ2) is 8.95. The number of nitrogens with one attached hydrogen (secondary N) is 3. The van der Waals surface area contributed by atoms with Gasteiger partial charge < -0.3 is 16.0 Å². The van der Waals surface area contributed by atoms with Crippen molar-refractivity contribution in [1.82, 2.24) is 16.0 Å². The van der Waals surface area contributed by atoms with Gasteiger partial charge in [-0.05, 0) is 33.2 Å². The molecule has 0 fully saturated rings. The largest absolute Gasteiger partial charge is 0.389 e. The molecule has 0 aliphatic carbocycles.